The highest BCUT2D eigenvalue weighted by molar-refractivity contribution is 7.15. The lowest BCUT2D eigenvalue weighted by atomic mass is 9.77. The van der Waals surface area contributed by atoms with E-state index in [2.05, 4.69) is 29.6 Å². The minimum Gasteiger partial charge on any atom is -0.460 e. The van der Waals surface area contributed by atoms with Gasteiger partial charge in [0.25, 0.3) is 5.78 Å². The van der Waals surface area contributed by atoms with Crippen LogP contribution in [0.5, 0.6) is 0 Å². The second kappa shape index (κ2) is 11.9. The molecule has 2 heterocycles. The zero-order valence-corrected chi connectivity index (χ0v) is 25.2. The molecular formula is C32H34BNO7S. The SMILES string of the molecule is CCOC(=O)C(=O)c1ccc(C=C(CNC(=O)OCC2c3ccccc3-c3ccccc32)B2OC(C)(C)C(C)(C)O2)s1. The summed E-state index contributed by atoms with van der Waals surface area (Å²) in [7, 11) is -0.741. The van der Waals surface area contributed by atoms with Crippen LogP contribution in [0.4, 0.5) is 4.79 Å². The van der Waals surface area contributed by atoms with Gasteiger partial charge in [0.05, 0.1) is 22.7 Å². The van der Waals surface area contributed by atoms with Crippen molar-refractivity contribution in [3.63, 3.8) is 0 Å². The Bertz CT molecular complexity index is 1480. The van der Waals surface area contributed by atoms with Crippen LogP contribution in [0.15, 0.2) is 66.1 Å². The van der Waals surface area contributed by atoms with Gasteiger partial charge in [-0.15, -0.1) is 11.3 Å². The van der Waals surface area contributed by atoms with Gasteiger partial charge >= 0.3 is 19.2 Å². The average molecular weight is 588 g/mol. The van der Waals surface area contributed by atoms with Crippen molar-refractivity contribution in [1.29, 1.82) is 0 Å². The van der Waals surface area contributed by atoms with Crippen LogP contribution in [0.2, 0.25) is 0 Å². The second-order valence-corrected chi connectivity index (χ2v) is 12.4. The summed E-state index contributed by atoms with van der Waals surface area (Å²) in [5, 5.41) is 2.85. The predicted molar refractivity (Wildman–Crippen MR) is 162 cm³/mol. The van der Waals surface area contributed by atoms with Crippen molar-refractivity contribution in [1.82, 2.24) is 5.32 Å². The Morgan fingerprint density at radius 2 is 1.50 bits per heavy atom. The number of amides is 1. The summed E-state index contributed by atoms with van der Waals surface area (Å²) in [5.74, 6) is -1.64. The second-order valence-electron chi connectivity index (χ2n) is 11.2. The van der Waals surface area contributed by atoms with E-state index in [0.29, 0.717) is 10.3 Å². The monoisotopic (exact) mass is 587 g/mol. The smallest absolute Gasteiger partial charge is 0.460 e. The van der Waals surface area contributed by atoms with Gasteiger partial charge in [-0.3, -0.25) is 4.79 Å². The minimum atomic E-state index is -0.891. The van der Waals surface area contributed by atoms with E-state index in [4.69, 9.17) is 18.8 Å². The number of thiophene rings is 1. The van der Waals surface area contributed by atoms with Gasteiger partial charge in [0, 0.05) is 17.3 Å². The molecule has 3 aromatic rings. The first-order chi connectivity index (χ1) is 20.0. The zero-order valence-electron chi connectivity index (χ0n) is 24.4. The van der Waals surface area contributed by atoms with E-state index in [-0.39, 0.29) is 30.6 Å². The molecule has 8 nitrogen and oxygen atoms in total. The summed E-state index contributed by atoms with van der Waals surface area (Å²) in [6, 6.07) is 19.7. The van der Waals surface area contributed by atoms with E-state index >= 15 is 0 Å². The van der Waals surface area contributed by atoms with Crippen LogP contribution in [0, 0.1) is 0 Å². The Morgan fingerprint density at radius 3 is 2.10 bits per heavy atom. The van der Waals surface area contributed by atoms with Gasteiger partial charge < -0.3 is 24.1 Å². The van der Waals surface area contributed by atoms with Crippen molar-refractivity contribution in [2.24, 2.45) is 0 Å². The fraction of sp³-hybridized carbons (Fsp3) is 0.344. The molecule has 1 aromatic heterocycles. The number of hydrogen-bond acceptors (Lipinski definition) is 8. The number of Topliss-reactive ketones (excluding diaryl/α,β-unsaturated/α-hetero) is 1. The van der Waals surface area contributed by atoms with Crippen LogP contribution in [0.25, 0.3) is 17.2 Å². The number of nitrogens with one attached hydrogen (secondary N) is 1. The third-order valence-electron chi connectivity index (χ3n) is 7.98. The summed E-state index contributed by atoms with van der Waals surface area (Å²) in [6.07, 6.45) is 1.24. The molecule has 0 unspecified atom stereocenters. The number of hydrogen-bond donors (Lipinski definition) is 1. The molecule has 5 rings (SSSR count). The highest BCUT2D eigenvalue weighted by Crippen LogP contribution is 2.44. The summed E-state index contributed by atoms with van der Waals surface area (Å²) in [6.45, 7) is 9.85. The molecule has 1 N–H and O–H groups in total. The first-order valence-electron chi connectivity index (χ1n) is 14.0. The van der Waals surface area contributed by atoms with Gasteiger partial charge in [0.15, 0.2) is 0 Å². The van der Waals surface area contributed by atoms with E-state index in [1.165, 1.54) is 0 Å². The largest absolute Gasteiger partial charge is 0.492 e. The molecule has 218 valence electrons. The Hall–Kier alpha value is -3.73. The molecule has 42 heavy (non-hydrogen) atoms. The van der Waals surface area contributed by atoms with Gasteiger partial charge in [-0.05, 0) is 80.6 Å². The van der Waals surface area contributed by atoms with Gasteiger partial charge in [0.2, 0.25) is 0 Å². The van der Waals surface area contributed by atoms with Crippen LogP contribution < -0.4 is 5.32 Å². The molecule has 1 amide bonds. The third-order valence-corrected chi connectivity index (χ3v) is 9.01. The number of benzene rings is 2. The van der Waals surface area contributed by atoms with Crippen molar-refractivity contribution < 1.29 is 33.2 Å². The maximum atomic E-state index is 12.9. The fourth-order valence-electron chi connectivity index (χ4n) is 5.05. The summed E-state index contributed by atoms with van der Waals surface area (Å²) >= 11 is 1.15. The number of alkyl carbamates (subject to hydrolysis) is 1. The van der Waals surface area contributed by atoms with Crippen LogP contribution in [-0.2, 0) is 23.6 Å². The maximum Gasteiger partial charge on any atom is 0.492 e. The van der Waals surface area contributed by atoms with Crippen LogP contribution in [0.3, 0.4) is 0 Å². The van der Waals surface area contributed by atoms with E-state index in [9.17, 15) is 14.4 Å². The van der Waals surface area contributed by atoms with Crippen LogP contribution in [0.1, 0.15) is 66.2 Å². The predicted octanol–water partition coefficient (Wildman–Crippen LogP) is 6.05. The molecule has 2 aliphatic rings. The highest BCUT2D eigenvalue weighted by Gasteiger charge is 2.52. The first-order valence-corrected chi connectivity index (χ1v) is 14.8. The van der Waals surface area contributed by atoms with Crippen molar-refractivity contribution >= 4 is 42.4 Å². The number of rotatable bonds is 9. The molecule has 0 bridgehead atoms. The molecule has 10 heteroatoms. The number of carbonyl (C=O) groups excluding carboxylic acids is 3. The Morgan fingerprint density at radius 1 is 0.905 bits per heavy atom. The molecule has 1 aliphatic heterocycles. The summed E-state index contributed by atoms with van der Waals surface area (Å²) < 4.78 is 23.1. The van der Waals surface area contributed by atoms with E-state index in [1.54, 1.807) is 25.1 Å². The summed E-state index contributed by atoms with van der Waals surface area (Å²) in [5.41, 5.74) is 4.03. The van der Waals surface area contributed by atoms with Crippen molar-refractivity contribution in [2.75, 3.05) is 19.8 Å². The van der Waals surface area contributed by atoms with Gasteiger partial charge in [-0.25, -0.2) is 9.59 Å². The van der Waals surface area contributed by atoms with E-state index in [0.717, 1.165) is 33.6 Å². The van der Waals surface area contributed by atoms with E-state index in [1.807, 2.05) is 52.0 Å². The van der Waals surface area contributed by atoms with E-state index < -0.39 is 36.2 Å². The Balaban J connectivity index is 1.30. The zero-order chi connectivity index (χ0) is 30.1. The molecule has 0 radical (unpaired) electrons. The molecule has 1 fully saturated rings. The standard InChI is InChI=1S/C32H34BNO7S/c1-6-38-29(36)28(35)27-16-15-21(42-27)17-20(33-40-31(2,3)32(4,5)41-33)18-34-30(37)39-19-26-24-13-9-7-11-22(24)23-12-8-10-14-25(23)26/h7-17,26H,6,18-19H2,1-5H3,(H,34,37). The van der Waals surface area contributed by atoms with Crippen molar-refractivity contribution in [3.05, 3.63) is 87.0 Å². The molecule has 0 saturated carbocycles. The molecule has 1 saturated heterocycles. The normalized spacial score (nSPS) is 17.0. The fourth-order valence-corrected chi connectivity index (χ4v) is 5.97. The molecule has 1 aliphatic carbocycles. The highest BCUT2D eigenvalue weighted by atomic mass is 32.1. The van der Waals surface area contributed by atoms with Gasteiger partial charge in [0.1, 0.15) is 6.61 Å². The molecule has 0 atom stereocenters. The lowest BCUT2D eigenvalue weighted by Crippen LogP contribution is -2.41. The van der Waals surface area contributed by atoms with Crippen molar-refractivity contribution in [3.8, 4) is 11.1 Å². The maximum absolute atomic E-state index is 12.9. The van der Waals surface area contributed by atoms with Gasteiger partial charge in [-0.2, -0.15) is 0 Å². The number of carbonyl (C=O) groups is 3. The Labute approximate surface area is 250 Å². The van der Waals surface area contributed by atoms with Crippen LogP contribution in [-0.4, -0.2) is 55.9 Å². The van der Waals surface area contributed by atoms with Gasteiger partial charge in [-0.1, -0.05) is 48.5 Å². The van der Waals surface area contributed by atoms with Crippen molar-refractivity contribution in [2.45, 2.75) is 51.7 Å². The quantitative estimate of drug-likeness (QED) is 0.141. The molecule has 2 aromatic carbocycles. The minimum absolute atomic E-state index is 0.0530. The first kappa shape index (κ1) is 29.8. The topological polar surface area (TPSA) is 100 Å². The molecule has 0 spiro atoms. The summed E-state index contributed by atoms with van der Waals surface area (Å²) in [4.78, 5) is 38.2. The lowest BCUT2D eigenvalue weighted by Gasteiger charge is -2.32. The van der Waals surface area contributed by atoms with Crippen LogP contribution >= 0.6 is 11.3 Å². The number of esters is 1. The third kappa shape index (κ3) is 5.93. The molecular weight excluding hydrogens is 553 g/mol. The number of fused-ring (bicyclic) bond motifs is 3. The Kier molecular flexibility index (Phi) is 8.41. The average Bonchev–Trinajstić information content (AvgIpc) is 3.61. The number of ketones is 1. The lowest BCUT2D eigenvalue weighted by molar-refractivity contribution is -0.137. The number of ether oxygens (including phenoxy) is 2.